The van der Waals surface area contributed by atoms with Crippen LogP contribution in [0, 0.1) is 5.82 Å². The average molecular weight is 365 g/mol. The summed E-state index contributed by atoms with van der Waals surface area (Å²) < 4.78 is 14.6. The highest BCUT2D eigenvalue weighted by atomic mass is 19.1. The van der Waals surface area contributed by atoms with Gasteiger partial charge in [-0.3, -0.25) is 10.1 Å². The fourth-order valence-electron chi connectivity index (χ4n) is 2.72. The molecule has 2 heterocycles. The molecule has 2 aromatic carbocycles. The molecule has 1 aromatic heterocycles. The molecule has 1 N–H and O–H groups in total. The first kappa shape index (κ1) is 16.9. The molecule has 1 atom stereocenters. The van der Waals surface area contributed by atoms with E-state index in [-0.39, 0.29) is 17.7 Å². The lowest BCUT2D eigenvalue weighted by Gasteiger charge is -2.06. The highest BCUT2D eigenvalue weighted by Crippen LogP contribution is 2.18. The van der Waals surface area contributed by atoms with Crippen molar-refractivity contribution in [1.29, 1.82) is 0 Å². The number of aromatic nitrogens is 3. The van der Waals surface area contributed by atoms with E-state index in [0.717, 1.165) is 11.1 Å². The van der Waals surface area contributed by atoms with E-state index in [1.165, 1.54) is 12.1 Å². The van der Waals surface area contributed by atoms with Crippen molar-refractivity contribution in [2.24, 2.45) is 5.16 Å². The second-order valence-electron chi connectivity index (χ2n) is 6.08. The summed E-state index contributed by atoms with van der Waals surface area (Å²) in [6.45, 7) is 0.557. The number of carbonyl (C=O) groups is 1. The average Bonchev–Trinajstić information content (AvgIpc) is 3.33. The second-order valence-corrected chi connectivity index (χ2v) is 6.08. The van der Waals surface area contributed by atoms with Crippen LogP contribution in [0.2, 0.25) is 0 Å². The summed E-state index contributed by atoms with van der Waals surface area (Å²) in [4.78, 5) is 21.7. The molecule has 0 saturated carbocycles. The Hall–Kier alpha value is -3.55. The van der Waals surface area contributed by atoms with Crippen LogP contribution in [0.3, 0.4) is 0 Å². The molecule has 1 aliphatic rings. The Labute approximate surface area is 154 Å². The molecule has 3 aromatic rings. The van der Waals surface area contributed by atoms with Crippen LogP contribution in [0.4, 0.5) is 10.3 Å². The van der Waals surface area contributed by atoms with Gasteiger partial charge in [-0.2, -0.15) is 0 Å². The molecule has 0 aliphatic carbocycles. The van der Waals surface area contributed by atoms with Crippen molar-refractivity contribution < 1.29 is 14.0 Å². The predicted octanol–water partition coefficient (Wildman–Crippen LogP) is 2.60. The highest BCUT2D eigenvalue weighted by Gasteiger charge is 2.29. The number of carbonyl (C=O) groups excluding carboxylic acids is 1. The minimum absolute atomic E-state index is 0.203. The smallest absolute Gasteiger partial charge is 0.271 e. The fourth-order valence-corrected chi connectivity index (χ4v) is 2.72. The van der Waals surface area contributed by atoms with Gasteiger partial charge < -0.3 is 4.84 Å². The zero-order valence-electron chi connectivity index (χ0n) is 14.2. The van der Waals surface area contributed by atoms with Crippen LogP contribution in [-0.4, -0.2) is 32.5 Å². The van der Waals surface area contributed by atoms with Crippen LogP contribution in [0.25, 0.3) is 0 Å². The second kappa shape index (κ2) is 7.36. The summed E-state index contributed by atoms with van der Waals surface area (Å²) in [5.41, 5.74) is 2.39. The van der Waals surface area contributed by atoms with Gasteiger partial charge >= 0.3 is 0 Å². The first-order valence-corrected chi connectivity index (χ1v) is 8.40. The van der Waals surface area contributed by atoms with E-state index in [9.17, 15) is 9.18 Å². The van der Waals surface area contributed by atoms with E-state index in [1.807, 2.05) is 30.3 Å². The van der Waals surface area contributed by atoms with Gasteiger partial charge in [-0.25, -0.2) is 14.1 Å². The van der Waals surface area contributed by atoms with E-state index >= 15 is 0 Å². The highest BCUT2D eigenvalue weighted by molar-refractivity contribution is 6.05. The molecule has 0 bridgehead atoms. The first-order valence-electron chi connectivity index (χ1n) is 8.40. The van der Waals surface area contributed by atoms with Crippen LogP contribution in [0.1, 0.15) is 17.5 Å². The number of hydrogen-bond donors (Lipinski definition) is 1. The number of oxime groups is 1. The minimum Gasteiger partial charge on any atom is -0.382 e. The van der Waals surface area contributed by atoms with E-state index in [0.29, 0.717) is 18.7 Å². The van der Waals surface area contributed by atoms with Crippen LogP contribution < -0.4 is 5.32 Å². The maximum absolute atomic E-state index is 13.0. The zero-order valence-corrected chi connectivity index (χ0v) is 14.2. The molecule has 4 rings (SSSR count). The third-order valence-corrected chi connectivity index (χ3v) is 4.10. The van der Waals surface area contributed by atoms with E-state index in [4.69, 9.17) is 4.84 Å². The lowest BCUT2D eigenvalue weighted by molar-refractivity contribution is -0.125. The molecule has 1 aliphatic heterocycles. The van der Waals surface area contributed by atoms with Crippen molar-refractivity contribution in [3.8, 4) is 0 Å². The number of nitrogens with one attached hydrogen (secondary N) is 1. The Kier molecular flexibility index (Phi) is 4.61. The van der Waals surface area contributed by atoms with E-state index in [2.05, 4.69) is 20.6 Å². The zero-order chi connectivity index (χ0) is 18.6. The van der Waals surface area contributed by atoms with Gasteiger partial charge in [-0.15, -0.1) is 5.10 Å². The Morgan fingerprint density at radius 2 is 1.96 bits per heavy atom. The molecule has 0 radical (unpaired) electrons. The van der Waals surface area contributed by atoms with Gasteiger partial charge in [-0.1, -0.05) is 47.6 Å². The van der Waals surface area contributed by atoms with Crippen LogP contribution in [0.5, 0.6) is 0 Å². The summed E-state index contributed by atoms with van der Waals surface area (Å²) in [6.07, 6.45) is 1.08. The number of nitrogens with zero attached hydrogens (tertiary/aromatic N) is 4. The van der Waals surface area contributed by atoms with Crippen LogP contribution in [0.15, 0.2) is 66.1 Å². The van der Waals surface area contributed by atoms with Gasteiger partial charge in [0.2, 0.25) is 12.1 Å². The largest absolute Gasteiger partial charge is 0.382 e. The maximum Gasteiger partial charge on any atom is 0.271 e. The predicted molar refractivity (Wildman–Crippen MR) is 96.6 cm³/mol. The number of halogens is 1. The Morgan fingerprint density at radius 3 is 2.74 bits per heavy atom. The van der Waals surface area contributed by atoms with E-state index in [1.54, 1.807) is 23.1 Å². The number of rotatable bonds is 5. The Morgan fingerprint density at radius 1 is 1.19 bits per heavy atom. The van der Waals surface area contributed by atoms with Gasteiger partial charge in [0, 0.05) is 6.42 Å². The van der Waals surface area contributed by atoms with Gasteiger partial charge in [-0.05, 0) is 23.3 Å². The molecule has 136 valence electrons. The summed E-state index contributed by atoms with van der Waals surface area (Å²) in [7, 11) is 0. The summed E-state index contributed by atoms with van der Waals surface area (Å²) >= 11 is 0. The van der Waals surface area contributed by atoms with Crippen LogP contribution in [-0.2, 0) is 16.2 Å². The van der Waals surface area contributed by atoms with Crippen molar-refractivity contribution in [3.05, 3.63) is 77.9 Å². The summed E-state index contributed by atoms with van der Waals surface area (Å²) in [5, 5.41) is 10.8. The molecule has 1 amide bonds. The molecule has 1 unspecified atom stereocenters. The molecule has 8 heteroatoms. The monoisotopic (exact) mass is 365 g/mol. The van der Waals surface area contributed by atoms with Crippen molar-refractivity contribution >= 4 is 17.6 Å². The Bertz CT molecular complexity index is 969. The summed E-state index contributed by atoms with van der Waals surface area (Å²) in [5.74, 6) is -0.507. The maximum atomic E-state index is 13.0. The number of benzene rings is 2. The number of anilines is 1. The summed E-state index contributed by atoms with van der Waals surface area (Å²) in [6, 6.07) is 15.7. The Balaban J connectivity index is 1.34. The third-order valence-electron chi connectivity index (χ3n) is 4.10. The lowest BCUT2D eigenvalue weighted by Crippen LogP contribution is -2.28. The lowest BCUT2D eigenvalue weighted by atomic mass is 10.0. The van der Waals surface area contributed by atoms with Gasteiger partial charge in [0.05, 0.1) is 12.3 Å². The van der Waals surface area contributed by atoms with Crippen molar-refractivity contribution in [3.63, 3.8) is 0 Å². The molecule has 0 fully saturated rings. The quantitative estimate of drug-likeness (QED) is 0.754. The van der Waals surface area contributed by atoms with Crippen molar-refractivity contribution in [2.75, 3.05) is 5.32 Å². The molecule has 0 saturated heterocycles. The van der Waals surface area contributed by atoms with E-state index < -0.39 is 6.10 Å². The van der Waals surface area contributed by atoms with Gasteiger partial charge in [0.15, 0.2) is 0 Å². The van der Waals surface area contributed by atoms with Crippen LogP contribution >= 0.6 is 0 Å². The standard InChI is InChI=1S/C19H16FN5O2/c20-15-8-6-14(7-9-15)16-10-17(27-24-16)18(26)22-19-21-12-25(23-19)11-13-4-2-1-3-5-13/h1-9,12,17H,10-11H2,(H,22,23,26). The molecule has 7 nitrogen and oxygen atoms in total. The first-order chi connectivity index (χ1) is 13.2. The minimum atomic E-state index is -0.772. The number of hydrogen-bond acceptors (Lipinski definition) is 5. The molecular formula is C19H16FN5O2. The van der Waals surface area contributed by atoms with Gasteiger partial charge in [0.1, 0.15) is 12.1 Å². The SMILES string of the molecule is O=C(Nc1ncn(Cc2ccccc2)n1)C1CC(c2ccc(F)cc2)=NO1. The van der Waals surface area contributed by atoms with Crippen molar-refractivity contribution in [1.82, 2.24) is 14.8 Å². The normalized spacial score (nSPS) is 15.9. The topological polar surface area (TPSA) is 81.4 Å². The number of amides is 1. The fraction of sp³-hybridized carbons (Fsp3) is 0.158. The third kappa shape index (κ3) is 4.00. The van der Waals surface area contributed by atoms with Gasteiger partial charge in [0.25, 0.3) is 5.91 Å². The molecule has 27 heavy (non-hydrogen) atoms. The van der Waals surface area contributed by atoms with Crippen molar-refractivity contribution in [2.45, 2.75) is 19.1 Å². The molecule has 0 spiro atoms. The molecular weight excluding hydrogens is 349 g/mol.